The van der Waals surface area contributed by atoms with Crippen molar-refractivity contribution in [2.75, 3.05) is 6.54 Å². The highest BCUT2D eigenvalue weighted by Crippen LogP contribution is 2.42. The molecule has 1 fully saturated rings. The summed E-state index contributed by atoms with van der Waals surface area (Å²) >= 11 is 0. The zero-order valence-electron chi connectivity index (χ0n) is 9.49. The van der Waals surface area contributed by atoms with Crippen molar-refractivity contribution in [3.05, 3.63) is 11.7 Å². The van der Waals surface area contributed by atoms with E-state index in [0.717, 1.165) is 31.0 Å². The lowest BCUT2D eigenvalue weighted by Crippen LogP contribution is -2.41. The van der Waals surface area contributed by atoms with Crippen LogP contribution in [0, 0.1) is 0 Å². The van der Waals surface area contributed by atoms with Gasteiger partial charge in [0.1, 0.15) is 0 Å². The number of rotatable bonds is 4. The van der Waals surface area contributed by atoms with Crippen molar-refractivity contribution < 1.29 is 4.52 Å². The Bertz CT molecular complexity index is 325. The van der Waals surface area contributed by atoms with Gasteiger partial charge in [-0.3, -0.25) is 0 Å². The van der Waals surface area contributed by atoms with Crippen molar-refractivity contribution in [1.29, 1.82) is 0 Å². The molecule has 1 heterocycles. The summed E-state index contributed by atoms with van der Waals surface area (Å²) in [7, 11) is 0. The second-order valence-electron chi connectivity index (χ2n) is 4.61. The SMILES string of the molecule is CCC(C)c1noc(C2(CN)CCC2)n1. The summed E-state index contributed by atoms with van der Waals surface area (Å²) in [5, 5.41) is 4.04. The Balaban J connectivity index is 2.19. The first-order valence-corrected chi connectivity index (χ1v) is 5.76. The van der Waals surface area contributed by atoms with Crippen molar-refractivity contribution in [2.45, 2.75) is 50.9 Å². The van der Waals surface area contributed by atoms with Crippen LogP contribution in [-0.2, 0) is 5.41 Å². The summed E-state index contributed by atoms with van der Waals surface area (Å²) < 4.78 is 5.34. The molecule has 84 valence electrons. The van der Waals surface area contributed by atoms with Crippen molar-refractivity contribution >= 4 is 0 Å². The van der Waals surface area contributed by atoms with Crippen LogP contribution < -0.4 is 5.73 Å². The van der Waals surface area contributed by atoms with Crippen LogP contribution in [-0.4, -0.2) is 16.7 Å². The third-order valence-corrected chi connectivity index (χ3v) is 3.65. The standard InChI is InChI=1S/C11H19N3O/c1-3-8(2)9-13-10(15-14-9)11(7-12)5-4-6-11/h8H,3-7,12H2,1-2H3. The van der Waals surface area contributed by atoms with E-state index in [9.17, 15) is 0 Å². The molecule has 1 unspecified atom stereocenters. The van der Waals surface area contributed by atoms with E-state index in [2.05, 4.69) is 24.0 Å². The summed E-state index contributed by atoms with van der Waals surface area (Å²) in [4.78, 5) is 4.49. The summed E-state index contributed by atoms with van der Waals surface area (Å²) in [6.45, 7) is 4.86. The second kappa shape index (κ2) is 3.93. The predicted molar refractivity (Wildman–Crippen MR) is 57.6 cm³/mol. The molecule has 0 bridgehead atoms. The minimum Gasteiger partial charge on any atom is -0.339 e. The average molecular weight is 209 g/mol. The van der Waals surface area contributed by atoms with Crippen LogP contribution in [0.4, 0.5) is 0 Å². The van der Waals surface area contributed by atoms with Crippen molar-refractivity contribution in [1.82, 2.24) is 10.1 Å². The maximum atomic E-state index is 5.79. The molecule has 0 aliphatic heterocycles. The van der Waals surface area contributed by atoms with Gasteiger partial charge in [-0.1, -0.05) is 25.4 Å². The molecule has 1 saturated carbocycles. The lowest BCUT2D eigenvalue weighted by atomic mass is 9.69. The van der Waals surface area contributed by atoms with Gasteiger partial charge in [0.25, 0.3) is 0 Å². The van der Waals surface area contributed by atoms with E-state index >= 15 is 0 Å². The molecule has 0 spiro atoms. The average Bonchev–Trinajstić information content (AvgIpc) is 2.65. The molecule has 15 heavy (non-hydrogen) atoms. The van der Waals surface area contributed by atoms with Gasteiger partial charge in [-0.15, -0.1) is 0 Å². The second-order valence-corrected chi connectivity index (χ2v) is 4.61. The summed E-state index contributed by atoms with van der Waals surface area (Å²) in [6, 6.07) is 0. The van der Waals surface area contributed by atoms with E-state index in [4.69, 9.17) is 10.3 Å². The van der Waals surface area contributed by atoms with E-state index in [1.165, 1.54) is 6.42 Å². The first-order chi connectivity index (χ1) is 7.22. The lowest BCUT2D eigenvalue weighted by Gasteiger charge is -2.36. The Morgan fingerprint density at radius 3 is 2.73 bits per heavy atom. The van der Waals surface area contributed by atoms with Crippen LogP contribution in [0.25, 0.3) is 0 Å². The number of hydrogen-bond acceptors (Lipinski definition) is 4. The molecule has 0 saturated heterocycles. The van der Waals surface area contributed by atoms with Gasteiger partial charge in [-0.25, -0.2) is 0 Å². The highest BCUT2D eigenvalue weighted by atomic mass is 16.5. The van der Waals surface area contributed by atoms with E-state index in [-0.39, 0.29) is 5.41 Å². The quantitative estimate of drug-likeness (QED) is 0.823. The van der Waals surface area contributed by atoms with E-state index < -0.39 is 0 Å². The molecule has 4 heteroatoms. The zero-order chi connectivity index (χ0) is 10.9. The van der Waals surface area contributed by atoms with E-state index in [1.54, 1.807) is 0 Å². The summed E-state index contributed by atoms with van der Waals surface area (Å²) in [5.41, 5.74) is 5.79. The number of aromatic nitrogens is 2. The third kappa shape index (κ3) is 1.67. The fourth-order valence-electron chi connectivity index (χ4n) is 1.94. The normalized spacial score (nSPS) is 21.0. The molecule has 2 N–H and O–H groups in total. The van der Waals surface area contributed by atoms with Crippen molar-refractivity contribution in [3.63, 3.8) is 0 Å². The van der Waals surface area contributed by atoms with Crippen molar-refractivity contribution in [3.8, 4) is 0 Å². The van der Waals surface area contributed by atoms with Crippen LogP contribution in [0.2, 0.25) is 0 Å². The Morgan fingerprint density at radius 2 is 2.27 bits per heavy atom. The minimum absolute atomic E-state index is 0.00128. The maximum absolute atomic E-state index is 5.79. The lowest BCUT2D eigenvalue weighted by molar-refractivity contribution is 0.181. The number of nitrogens with two attached hydrogens (primary N) is 1. The molecule has 0 amide bonds. The fraction of sp³-hybridized carbons (Fsp3) is 0.818. The highest BCUT2D eigenvalue weighted by Gasteiger charge is 2.42. The highest BCUT2D eigenvalue weighted by molar-refractivity contribution is 5.12. The van der Waals surface area contributed by atoms with Gasteiger partial charge in [-0.05, 0) is 19.3 Å². The maximum Gasteiger partial charge on any atom is 0.234 e. The van der Waals surface area contributed by atoms with Crippen LogP contribution in [0.1, 0.15) is 57.2 Å². The third-order valence-electron chi connectivity index (χ3n) is 3.65. The molecule has 1 aliphatic carbocycles. The monoisotopic (exact) mass is 209 g/mol. The molecular weight excluding hydrogens is 190 g/mol. The van der Waals surface area contributed by atoms with Crippen LogP contribution >= 0.6 is 0 Å². The molecule has 0 aromatic carbocycles. The Hall–Kier alpha value is -0.900. The molecule has 4 nitrogen and oxygen atoms in total. The van der Waals surface area contributed by atoms with Gasteiger partial charge in [-0.2, -0.15) is 4.98 Å². The minimum atomic E-state index is -0.00128. The van der Waals surface area contributed by atoms with Gasteiger partial charge in [0.2, 0.25) is 5.89 Å². The zero-order valence-corrected chi connectivity index (χ0v) is 9.49. The molecule has 1 atom stereocenters. The topological polar surface area (TPSA) is 64.9 Å². The Kier molecular flexibility index (Phi) is 2.78. The predicted octanol–water partition coefficient (Wildman–Crippen LogP) is 1.96. The Morgan fingerprint density at radius 1 is 1.53 bits per heavy atom. The van der Waals surface area contributed by atoms with Gasteiger partial charge >= 0.3 is 0 Å². The van der Waals surface area contributed by atoms with Gasteiger partial charge in [0, 0.05) is 12.5 Å². The van der Waals surface area contributed by atoms with E-state index in [1.807, 2.05) is 0 Å². The van der Waals surface area contributed by atoms with Gasteiger partial charge in [0.15, 0.2) is 5.82 Å². The number of nitrogens with zero attached hydrogens (tertiary/aromatic N) is 2. The Labute approximate surface area is 90.2 Å². The van der Waals surface area contributed by atoms with Crippen LogP contribution in [0.15, 0.2) is 4.52 Å². The van der Waals surface area contributed by atoms with Gasteiger partial charge in [0.05, 0.1) is 5.41 Å². The first kappa shape index (κ1) is 10.6. The fourth-order valence-corrected chi connectivity index (χ4v) is 1.94. The largest absolute Gasteiger partial charge is 0.339 e. The molecule has 1 aromatic rings. The molecular formula is C11H19N3O. The first-order valence-electron chi connectivity index (χ1n) is 5.76. The van der Waals surface area contributed by atoms with Crippen molar-refractivity contribution in [2.24, 2.45) is 5.73 Å². The smallest absolute Gasteiger partial charge is 0.234 e. The van der Waals surface area contributed by atoms with Crippen LogP contribution in [0.5, 0.6) is 0 Å². The van der Waals surface area contributed by atoms with E-state index in [0.29, 0.717) is 12.5 Å². The molecule has 1 aliphatic rings. The van der Waals surface area contributed by atoms with Crippen LogP contribution in [0.3, 0.4) is 0 Å². The number of hydrogen-bond donors (Lipinski definition) is 1. The summed E-state index contributed by atoms with van der Waals surface area (Å²) in [5.74, 6) is 1.95. The van der Waals surface area contributed by atoms with Gasteiger partial charge < -0.3 is 10.3 Å². The molecule has 1 aromatic heterocycles. The summed E-state index contributed by atoms with van der Waals surface area (Å²) in [6.07, 6.45) is 4.43. The molecule has 2 rings (SSSR count). The molecule has 0 radical (unpaired) electrons.